The third-order valence-electron chi connectivity index (χ3n) is 19.9. The highest BCUT2D eigenvalue weighted by Crippen LogP contribution is 2.48. The lowest BCUT2D eigenvalue weighted by Crippen LogP contribution is -2.53. The molecule has 18 rings (SSSR count). The Morgan fingerprint density at radius 2 is 0.824 bits per heavy atom. The first-order valence-electron chi connectivity index (χ1n) is 34.9. The first-order chi connectivity index (χ1) is 50.2. The molecule has 3 aromatic heterocycles. The SMILES string of the molecule is CC(C)(C)c1ccnc(-n2c3ccc(B4N(c5ccccc5)c5ccccc5N4c4ccccc4)cc3c3ccc(Oc4cccc(-n5[c-][n+](-c6c(-c7cc(-c8ccccc8)cc(-c8ccccc8)c7)cccc6-c6cc(-c7ccccc7)cc(-c7ccccc7)c6)c6ccccc65)c4)cc32)c1. The largest absolute Gasteiger partial charge is 0.458 e. The van der Waals surface area contributed by atoms with Crippen LogP contribution >= 0.6 is 0 Å². The van der Waals surface area contributed by atoms with Crippen molar-refractivity contribution in [1.82, 2.24) is 14.1 Å². The van der Waals surface area contributed by atoms with E-state index < -0.39 is 0 Å². The van der Waals surface area contributed by atoms with E-state index in [1.165, 1.54) is 5.56 Å². The molecule has 1 aliphatic heterocycles. The third-order valence-corrected chi connectivity index (χ3v) is 19.9. The van der Waals surface area contributed by atoms with Gasteiger partial charge in [-0.15, -0.1) is 0 Å². The van der Waals surface area contributed by atoms with Crippen LogP contribution in [0.4, 0.5) is 22.7 Å². The Morgan fingerprint density at radius 1 is 0.353 bits per heavy atom. The van der Waals surface area contributed by atoms with Crippen LogP contribution in [0.2, 0.25) is 0 Å². The van der Waals surface area contributed by atoms with E-state index in [2.05, 4.69) is 402 Å². The summed E-state index contributed by atoms with van der Waals surface area (Å²) in [6.07, 6.45) is 5.96. The van der Waals surface area contributed by atoms with E-state index in [0.29, 0.717) is 11.5 Å². The lowest BCUT2D eigenvalue weighted by Gasteiger charge is -2.30. The number of ether oxygens (including phenoxy) is 1. The fraction of sp³-hybridized carbons (Fsp3) is 0.0426. The molecule has 0 radical (unpaired) electrons. The number of pyridine rings is 1. The Kier molecular flexibility index (Phi) is 15.4. The van der Waals surface area contributed by atoms with Gasteiger partial charge >= 0.3 is 6.98 Å². The van der Waals surface area contributed by atoms with Gasteiger partial charge in [0, 0.05) is 34.4 Å². The Balaban J connectivity index is 0.788. The van der Waals surface area contributed by atoms with E-state index >= 15 is 0 Å². The molecule has 0 bridgehead atoms. The van der Waals surface area contributed by atoms with Crippen LogP contribution in [0.5, 0.6) is 11.5 Å². The number of fused-ring (bicyclic) bond motifs is 5. The van der Waals surface area contributed by atoms with Crippen LogP contribution in [-0.2, 0) is 5.41 Å². The number of anilines is 4. The lowest BCUT2D eigenvalue weighted by atomic mass is 9.64. The minimum atomic E-state index is -0.205. The molecule has 14 aromatic carbocycles. The van der Waals surface area contributed by atoms with E-state index in [-0.39, 0.29) is 12.4 Å². The number of nitrogens with zero attached hydrogens (tertiary/aromatic N) is 6. The van der Waals surface area contributed by atoms with Gasteiger partial charge in [-0.3, -0.25) is 13.7 Å². The maximum Gasteiger partial charge on any atom is 0.420 e. The highest BCUT2D eigenvalue weighted by molar-refractivity contribution is 6.84. The average Bonchev–Trinajstić information content (AvgIpc) is 1.56. The molecule has 0 spiro atoms. The second-order valence-corrected chi connectivity index (χ2v) is 27.3. The zero-order valence-corrected chi connectivity index (χ0v) is 56.8. The van der Waals surface area contributed by atoms with Crippen LogP contribution in [-0.4, -0.2) is 21.1 Å². The molecular formula is C94H69BN6O. The predicted molar refractivity (Wildman–Crippen MR) is 423 cm³/mol. The van der Waals surface area contributed by atoms with Crippen molar-refractivity contribution in [2.24, 2.45) is 0 Å². The molecule has 1 aliphatic rings. The first-order valence-corrected chi connectivity index (χ1v) is 34.9. The molecule has 4 heterocycles. The number of aromatic nitrogens is 4. The summed E-state index contributed by atoms with van der Waals surface area (Å²) in [6.45, 7) is 6.56. The van der Waals surface area contributed by atoms with Crippen molar-refractivity contribution < 1.29 is 9.30 Å². The second kappa shape index (κ2) is 25.7. The van der Waals surface area contributed by atoms with E-state index in [4.69, 9.17) is 9.72 Å². The number of hydrogen-bond acceptors (Lipinski definition) is 4. The molecule has 7 nitrogen and oxygen atoms in total. The van der Waals surface area contributed by atoms with Gasteiger partial charge in [0.25, 0.3) is 6.33 Å². The summed E-state index contributed by atoms with van der Waals surface area (Å²) in [7, 11) is 0. The number of para-hydroxylation sites is 7. The summed E-state index contributed by atoms with van der Waals surface area (Å²) >= 11 is 0. The summed E-state index contributed by atoms with van der Waals surface area (Å²) in [5.41, 5.74) is 26.1. The zero-order valence-electron chi connectivity index (χ0n) is 56.8. The predicted octanol–water partition coefficient (Wildman–Crippen LogP) is 23.0. The third kappa shape index (κ3) is 11.3. The van der Waals surface area contributed by atoms with Crippen molar-refractivity contribution in [3.05, 3.63) is 376 Å². The molecule has 0 unspecified atom stereocenters. The summed E-state index contributed by atoms with van der Waals surface area (Å²) in [4.78, 5) is 10.1. The number of benzene rings is 14. The smallest absolute Gasteiger partial charge is 0.420 e. The lowest BCUT2D eigenvalue weighted by molar-refractivity contribution is -0.571. The molecule has 0 saturated heterocycles. The highest BCUT2D eigenvalue weighted by Gasteiger charge is 2.44. The van der Waals surface area contributed by atoms with Gasteiger partial charge < -0.3 is 14.4 Å². The molecule has 0 N–H and O–H groups in total. The van der Waals surface area contributed by atoms with Crippen LogP contribution in [0.3, 0.4) is 0 Å². The van der Waals surface area contributed by atoms with Crippen molar-refractivity contribution in [2.75, 3.05) is 9.62 Å². The molecule has 0 amide bonds. The number of hydrogen-bond donors (Lipinski definition) is 0. The van der Waals surface area contributed by atoms with E-state index in [1.807, 2.05) is 12.3 Å². The van der Waals surface area contributed by atoms with Crippen LogP contribution in [0.25, 0.3) is 117 Å². The van der Waals surface area contributed by atoms with Crippen LogP contribution in [0, 0.1) is 6.33 Å². The molecule has 484 valence electrons. The molecule has 0 atom stereocenters. The molecule has 17 aromatic rings. The van der Waals surface area contributed by atoms with Gasteiger partial charge in [-0.2, -0.15) is 0 Å². The Labute approximate surface area is 595 Å². The van der Waals surface area contributed by atoms with Gasteiger partial charge in [-0.05, 0) is 205 Å². The van der Waals surface area contributed by atoms with E-state index in [9.17, 15) is 0 Å². The van der Waals surface area contributed by atoms with Crippen molar-refractivity contribution in [2.45, 2.75) is 26.2 Å². The van der Waals surface area contributed by atoms with Gasteiger partial charge in [0.15, 0.2) is 0 Å². The second-order valence-electron chi connectivity index (χ2n) is 27.3. The summed E-state index contributed by atoms with van der Waals surface area (Å²) < 4.78 is 13.9. The Hall–Kier alpha value is -13.0. The number of imidazole rings is 1. The van der Waals surface area contributed by atoms with E-state index in [0.717, 1.165) is 145 Å². The highest BCUT2D eigenvalue weighted by atomic mass is 16.5. The quantitative estimate of drug-likeness (QED) is 0.0618. The molecular weight excluding hydrogens is 1240 g/mol. The van der Waals surface area contributed by atoms with Crippen molar-refractivity contribution in [3.8, 4) is 95.5 Å². The van der Waals surface area contributed by atoms with Crippen molar-refractivity contribution >= 4 is 68.0 Å². The number of rotatable bonds is 14. The van der Waals surface area contributed by atoms with Gasteiger partial charge in [-0.1, -0.05) is 251 Å². The van der Waals surface area contributed by atoms with Crippen molar-refractivity contribution in [3.63, 3.8) is 0 Å². The summed E-state index contributed by atoms with van der Waals surface area (Å²) in [5.74, 6) is 2.22. The minimum Gasteiger partial charge on any atom is -0.458 e. The maximum atomic E-state index is 7.15. The Morgan fingerprint density at radius 3 is 1.36 bits per heavy atom. The van der Waals surface area contributed by atoms with Crippen LogP contribution in [0.15, 0.2) is 364 Å². The molecule has 0 fully saturated rings. The normalized spacial score (nSPS) is 12.2. The molecule has 0 aliphatic carbocycles. The van der Waals surface area contributed by atoms with Crippen LogP contribution < -0.4 is 24.4 Å². The maximum absolute atomic E-state index is 7.15. The van der Waals surface area contributed by atoms with E-state index in [1.54, 1.807) is 0 Å². The fourth-order valence-electron chi connectivity index (χ4n) is 15.0. The van der Waals surface area contributed by atoms with Crippen molar-refractivity contribution in [1.29, 1.82) is 0 Å². The van der Waals surface area contributed by atoms with Gasteiger partial charge in [0.2, 0.25) is 0 Å². The minimum absolute atomic E-state index is 0.113. The van der Waals surface area contributed by atoms with Gasteiger partial charge in [0.1, 0.15) is 17.3 Å². The molecule has 0 saturated carbocycles. The monoisotopic (exact) mass is 1310 g/mol. The molecule has 8 heteroatoms. The fourth-order valence-corrected chi connectivity index (χ4v) is 15.0. The standard InChI is InChI=1S/C94H69BN6O/c1-94(2,3)75-52-53-96-92(60-75)99-86-51-48-76(95-100(77-36-18-8-19-37-77)89-46-24-25-47-90(89)101(95)78-38-20-9-21-39-78)61-85(86)84-50-49-81(63-91(84)99)102-80-41-26-40-79(62-80)97-64-98(88-45-23-22-44-87(88)97)93-82(73-56-69(65-28-10-4-11-29-65)54-70(57-73)66-30-12-5-13-31-66)42-27-43-83(93)74-58-71(67-32-14-6-15-33-67)55-72(59-74)68-34-16-7-17-35-68/h4-63H,1-3H3. The first kappa shape index (κ1) is 61.3. The Bertz CT molecular complexity index is 5640. The van der Waals surface area contributed by atoms with Gasteiger partial charge in [-0.25, -0.2) is 4.98 Å². The summed E-state index contributed by atoms with van der Waals surface area (Å²) in [5, 5.41) is 2.21. The summed E-state index contributed by atoms with van der Waals surface area (Å²) in [6, 6.07) is 129. The zero-order chi connectivity index (χ0) is 68.3. The topological polar surface area (TPSA) is 42.3 Å². The van der Waals surface area contributed by atoms with Gasteiger partial charge in [0.05, 0.1) is 44.8 Å². The molecule has 102 heavy (non-hydrogen) atoms. The average molecular weight is 1310 g/mol. The van der Waals surface area contributed by atoms with Crippen LogP contribution in [0.1, 0.15) is 26.3 Å².